The SMILES string of the molecule is CSc1ccc(NC(=O)C2(C(N)=NO)CCOCC2)cc1. The summed E-state index contributed by atoms with van der Waals surface area (Å²) in [6, 6.07) is 7.53. The number of oxime groups is 1. The van der Waals surface area contributed by atoms with Gasteiger partial charge >= 0.3 is 0 Å². The van der Waals surface area contributed by atoms with Crippen LogP contribution in [0.25, 0.3) is 0 Å². The number of amides is 1. The molecule has 7 heteroatoms. The normalized spacial score (nSPS) is 18.2. The van der Waals surface area contributed by atoms with Crippen molar-refractivity contribution in [2.24, 2.45) is 16.3 Å². The highest BCUT2D eigenvalue weighted by atomic mass is 32.2. The average Bonchev–Trinajstić information content (AvgIpc) is 2.55. The number of nitrogens with one attached hydrogen (secondary N) is 1. The van der Waals surface area contributed by atoms with Crippen molar-refractivity contribution < 1.29 is 14.7 Å². The van der Waals surface area contributed by atoms with Gasteiger partial charge in [0, 0.05) is 23.8 Å². The summed E-state index contributed by atoms with van der Waals surface area (Å²) >= 11 is 1.63. The first-order valence-corrected chi connectivity index (χ1v) is 7.86. The van der Waals surface area contributed by atoms with E-state index in [4.69, 9.17) is 15.7 Å². The second kappa shape index (κ2) is 6.82. The van der Waals surface area contributed by atoms with Crippen molar-refractivity contribution in [1.29, 1.82) is 0 Å². The van der Waals surface area contributed by atoms with Crippen LogP contribution in [0.5, 0.6) is 0 Å². The molecular weight excluding hydrogens is 290 g/mol. The number of nitrogens with two attached hydrogens (primary N) is 1. The predicted octanol–water partition coefficient (Wildman–Crippen LogP) is 1.89. The van der Waals surface area contributed by atoms with E-state index >= 15 is 0 Å². The third-order valence-electron chi connectivity index (χ3n) is 3.73. The zero-order valence-electron chi connectivity index (χ0n) is 11.8. The number of ether oxygens (including phenoxy) is 1. The van der Waals surface area contributed by atoms with Crippen LogP contribution in [0.1, 0.15) is 12.8 Å². The van der Waals surface area contributed by atoms with Crippen LogP contribution >= 0.6 is 11.8 Å². The lowest BCUT2D eigenvalue weighted by Crippen LogP contribution is -2.50. The number of rotatable bonds is 4. The van der Waals surface area contributed by atoms with Gasteiger partial charge in [0.15, 0.2) is 5.84 Å². The van der Waals surface area contributed by atoms with Gasteiger partial charge in [0.05, 0.1) is 0 Å². The minimum atomic E-state index is -1.01. The maximum Gasteiger partial charge on any atom is 0.238 e. The maximum atomic E-state index is 12.6. The standard InChI is InChI=1S/C14H19N3O3S/c1-21-11-4-2-10(3-5-11)16-13(18)14(12(15)17-19)6-8-20-9-7-14/h2-5,19H,6-9H2,1H3,(H2,15,17)(H,16,18). The van der Waals surface area contributed by atoms with E-state index < -0.39 is 5.41 Å². The Hall–Kier alpha value is -1.73. The van der Waals surface area contributed by atoms with E-state index in [0.717, 1.165) is 4.90 Å². The van der Waals surface area contributed by atoms with Crippen LogP contribution in [0.15, 0.2) is 34.3 Å². The van der Waals surface area contributed by atoms with Gasteiger partial charge in [0.1, 0.15) is 5.41 Å². The minimum absolute atomic E-state index is 0.0657. The van der Waals surface area contributed by atoms with Crippen molar-refractivity contribution in [3.63, 3.8) is 0 Å². The number of anilines is 1. The van der Waals surface area contributed by atoms with Gasteiger partial charge in [-0.1, -0.05) is 5.16 Å². The quantitative estimate of drug-likeness (QED) is 0.259. The highest BCUT2D eigenvalue weighted by molar-refractivity contribution is 7.98. The van der Waals surface area contributed by atoms with Crippen LogP contribution in [-0.4, -0.2) is 36.4 Å². The van der Waals surface area contributed by atoms with Crippen LogP contribution in [-0.2, 0) is 9.53 Å². The number of carbonyl (C=O) groups is 1. The Morgan fingerprint density at radius 3 is 2.52 bits per heavy atom. The molecule has 0 aromatic heterocycles. The fourth-order valence-corrected chi connectivity index (χ4v) is 2.75. The number of carbonyl (C=O) groups excluding carboxylic acids is 1. The molecule has 2 rings (SSSR count). The van der Waals surface area contributed by atoms with Crippen LogP contribution in [0.4, 0.5) is 5.69 Å². The van der Waals surface area contributed by atoms with Gasteiger partial charge in [-0.25, -0.2) is 0 Å². The van der Waals surface area contributed by atoms with E-state index in [2.05, 4.69) is 10.5 Å². The summed E-state index contributed by atoms with van der Waals surface area (Å²) in [5.41, 5.74) is 5.44. The van der Waals surface area contributed by atoms with Crippen LogP contribution in [0.2, 0.25) is 0 Å². The van der Waals surface area contributed by atoms with Crippen molar-refractivity contribution in [3.05, 3.63) is 24.3 Å². The zero-order chi connectivity index (χ0) is 15.3. The number of benzene rings is 1. The van der Waals surface area contributed by atoms with Crippen molar-refractivity contribution in [1.82, 2.24) is 0 Å². The number of hydrogen-bond acceptors (Lipinski definition) is 5. The van der Waals surface area contributed by atoms with Crippen LogP contribution in [0, 0.1) is 5.41 Å². The van der Waals surface area contributed by atoms with Crippen molar-refractivity contribution in [2.75, 3.05) is 24.8 Å². The Morgan fingerprint density at radius 2 is 2.00 bits per heavy atom. The largest absolute Gasteiger partial charge is 0.409 e. The molecule has 4 N–H and O–H groups in total. The number of thioether (sulfide) groups is 1. The lowest BCUT2D eigenvalue weighted by atomic mass is 9.78. The van der Waals surface area contributed by atoms with Crippen LogP contribution in [0.3, 0.4) is 0 Å². The summed E-state index contributed by atoms with van der Waals surface area (Å²) in [4.78, 5) is 13.7. The summed E-state index contributed by atoms with van der Waals surface area (Å²) in [5, 5.41) is 14.9. The molecule has 114 valence electrons. The molecule has 1 aromatic carbocycles. The van der Waals surface area contributed by atoms with E-state index in [-0.39, 0.29) is 11.7 Å². The van der Waals surface area contributed by atoms with E-state index in [9.17, 15) is 4.79 Å². The molecule has 1 aliphatic heterocycles. The summed E-state index contributed by atoms with van der Waals surface area (Å²) in [5.74, 6) is -0.331. The first-order valence-electron chi connectivity index (χ1n) is 6.63. The van der Waals surface area contributed by atoms with Gasteiger partial charge < -0.3 is 21.0 Å². The fraction of sp³-hybridized carbons (Fsp3) is 0.429. The van der Waals surface area contributed by atoms with Gasteiger partial charge in [0.25, 0.3) is 0 Å². The maximum absolute atomic E-state index is 12.6. The monoisotopic (exact) mass is 309 g/mol. The third-order valence-corrected chi connectivity index (χ3v) is 4.47. The molecule has 0 atom stereocenters. The number of amidine groups is 1. The average molecular weight is 309 g/mol. The van der Waals surface area contributed by atoms with Crippen LogP contribution < -0.4 is 11.1 Å². The van der Waals surface area contributed by atoms with Gasteiger partial charge in [-0.15, -0.1) is 11.8 Å². The first kappa shape index (κ1) is 15.7. The molecule has 1 saturated heterocycles. The van der Waals surface area contributed by atoms with E-state index in [1.165, 1.54) is 0 Å². The third kappa shape index (κ3) is 3.30. The lowest BCUT2D eigenvalue weighted by Gasteiger charge is -2.34. The molecule has 0 spiro atoms. The van der Waals surface area contributed by atoms with Crippen molar-refractivity contribution in [3.8, 4) is 0 Å². The summed E-state index contributed by atoms with van der Waals surface area (Å²) < 4.78 is 5.28. The molecule has 0 bridgehead atoms. The van der Waals surface area contributed by atoms with E-state index in [0.29, 0.717) is 31.7 Å². The number of nitrogens with zero attached hydrogens (tertiary/aromatic N) is 1. The molecule has 1 aliphatic rings. The molecule has 1 heterocycles. The molecule has 0 unspecified atom stereocenters. The predicted molar refractivity (Wildman–Crippen MR) is 82.7 cm³/mol. The second-order valence-electron chi connectivity index (χ2n) is 4.86. The molecule has 0 radical (unpaired) electrons. The van der Waals surface area contributed by atoms with Gasteiger partial charge in [-0.3, -0.25) is 4.79 Å². The Labute approximate surface area is 127 Å². The Balaban J connectivity index is 2.18. The highest BCUT2D eigenvalue weighted by Gasteiger charge is 2.44. The van der Waals surface area contributed by atoms with E-state index in [1.807, 2.05) is 30.5 Å². The van der Waals surface area contributed by atoms with Gasteiger partial charge in [0.2, 0.25) is 5.91 Å². The fourth-order valence-electron chi connectivity index (χ4n) is 2.34. The number of hydrogen-bond donors (Lipinski definition) is 3. The van der Waals surface area contributed by atoms with E-state index in [1.54, 1.807) is 11.8 Å². The van der Waals surface area contributed by atoms with Gasteiger partial charge in [-0.2, -0.15) is 0 Å². The molecule has 0 aliphatic carbocycles. The minimum Gasteiger partial charge on any atom is -0.409 e. The molecule has 0 saturated carbocycles. The van der Waals surface area contributed by atoms with Crippen molar-refractivity contribution >= 4 is 29.2 Å². The molecular formula is C14H19N3O3S. The Morgan fingerprint density at radius 1 is 1.38 bits per heavy atom. The highest BCUT2D eigenvalue weighted by Crippen LogP contribution is 2.32. The Bertz CT molecular complexity index is 525. The first-order chi connectivity index (χ1) is 10.1. The van der Waals surface area contributed by atoms with Crippen molar-refractivity contribution in [2.45, 2.75) is 17.7 Å². The second-order valence-corrected chi connectivity index (χ2v) is 5.74. The summed E-state index contributed by atoms with van der Waals surface area (Å²) in [6.45, 7) is 0.824. The molecule has 21 heavy (non-hydrogen) atoms. The van der Waals surface area contributed by atoms with Gasteiger partial charge in [-0.05, 0) is 43.4 Å². The molecule has 1 amide bonds. The molecule has 1 aromatic rings. The zero-order valence-corrected chi connectivity index (χ0v) is 12.7. The molecule has 6 nitrogen and oxygen atoms in total. The smallest absolute Gasteiger partial charge is 0.238 e. The topological polar surface area (TPSA) is 96.9 Å². The summed E-state index contributed by atoms with van der Waals surface area (Å²) in [7, 11) is 0. The molecule has 1 fully saturated rings. The Kier molecular flexibility index (Phi) is 5.08. The summed E-state index contributed by atoms with van der Waals surface area (Å²) in [6.07, 6.45) is 2.79. The lowest BCUT2D eigenvalue weighted by molar-refractivity contribution is -0.126.